The molecule has 0 amide bonds. The highest BCUT2D eigenvalue weighted by Gasteiger charge is 2.41. The van der Waals surface area contributed by atoms with Gasteiger partial charge in [-0.15, -0.1) is 0 Å². The Morgan fingerprint density at radius 3 is 2.57 bits per heavy atom. The summed E-state index contributed by atoms with van der Waals surface area (Å²) in [6, 6.07) is 3.28. The van der Waals surface area contributed by atoms with Gasteiger partial charge in [0.15, 0.2) is 9.84 Å². The minimum absolute atomic E-state index is 0.0993. The van der Waals surface area contributed by atoms with Crippen molar-refractivity contribution in [1.82, 2.24) is 4.72 Å². The largest absolute Gasteiger partial charge is 0.392 e. The van der Waals surface area contributed by atoms with Crippen molar-refractivity contribution < 1.29 is 26.3 Å². The summed E-state index contributed by atoms with van der Waals surface area (Å²) < 4.78 is 63.5. The zero-order chi connectivity index (χ0) is 15.9. The Bertz CT molecular complexity index is 760. The number of sulfonamides is 1. The Morgan fingerprint density at radius 1 is 1.43 bits per heavy atom. The van der Waals surface area contributed by atoms with E-state index >= 15 is 0 Å². The number of benzene rings is 1. The van der Waals surface area contributed by atoms with E-state index < -0.39 is 42.7 Å². The third-order valence-corrected chi connectivity index (χ3v) is 6.93. The summed E-state index contributed by atoms with van der Waals surface area (Å²) >= 11 is 0. The molecule has 1 fully saturated rings. The zero-order valence-corrected chi connectivity index (χ0v) is 13.0. The van der Waals surface area contributed by atoms with Crippen molar-refractivity contribution in [2.45, 2.75) is 30.4 Å². The minimum Gasteiger partial charge on any atom is -0.392 e. The number of halogens is 1. The molecule has 118 valence electrons. The molecule has 1 aliphatic heterocycles. The number of sulfone groups is 1. The topological polar surface area (TPSA) is 101 Å². The van der Waals surface area contributed by atoms with Gasteiger partial charge in [0, 0.05) is 5.54 Å². The summed E-state index contributed by atoms with van der Waals surface area (Å²) in [5.74, 6) is -1.40. The lowest BCUT2D eigenvalue weighted by molar-refractivity contribution is 0.281. The van der Waals surface area contributed by atoms with Gasteiger partial charge in [0.2, 0.25) is 10.0 Å². The second kappa shape index (κ2) is 5.31. The van der Waals surface area contributed by atoms with Crippen molar-refractivity contribution in [2.24, 2.45) is 0 Å². The predicted molar refractivity (Wildman–Crippen MR) is 74.3 cm³/mol. The molecule has 2 N–H and O–H groups in total. The minimum atomic E-state index is -4.18. The molecule has 21 heavy (non-hydrogen) atoms. The first-order valence-corrected chi connectivity index (χ1v) is 9.51. The van der Waals surface area contributed by atoms with Crippen LogP contribution in [0.4, 0.5) is 4.39 Å². The quantitative estimate of drug-likeness (QED) is 0.816. The normalized spacial score (nSPS) is 25.1. The standard InChI is InChI=1S/C12H16FNO5S2/c1-12(4-5-20(16,17)8-12)14-21(18,19)11-3-2-9(7-15)6-10(11)13/h2-3,6,14-15H,4-5,7-8H2,1H3. The second-order valence-corrected chi connectivity index (χ2v) is 9.27. The van der Waals surface area contributed by atoms with Gasteiger partial charge in [-0.1, -0.05) is 6.07 Å². The van der Waals surface area contributed by atoms with E-state index in [0.29, 0.717) is 0 Å². The van der Waals surface area contributed by atoms with Crippen LogP contribution in [0.5, 0.6) is 0 Å². The van der Waals surface area contributed by atoms with Crippen LogP contribution in [0.1, 0.15) is 18.9 Å². The van der Waals surface area contributed by atoms with Crippen LogP contribution in [-0.2, 0) is 26.5 Å². The second-order valence-electron chi connectivity index (χ2n) is 5.43. The Morgan fingerprint density at radius 2 is 2.10 bits per heavy atom. The summed E-state index contributed by atoms with van der Waals surface area (Å²) in [7, 11) is -7.46. The van der Waals surface area contributed by atoms with Crippen LogP contribution < -0.4 is 4.72 Å². The van der Waals surface area contributed by atoms with E-state index in [2.05, 4.69) is 4.72 Å². The molecular weight excluding hydrogens is 321 g/mol. The molecule has 1 aliphatic rings. The lowest BCUT2D eigenvalue weighted by Crippen LogP contribution is -2.46. The predicted octanol–water partition coefficient (Wildman–Crippen LogP) is 0.174. The Balaban J connectivity index is 2.31. The third kappa shape index (κ3) is 3.60. The van der Waals surface area contributed by atoms with Crippen molar-refractivity contribution >= 4 is 19.9 Å². The molecular formula is C12H16FNO5S2. The van der Waals surface area contributed by atoms with Gasteiger partial charge in [0.05, 0.1) is 18.1 Å². The van der Waals surface area contributed by atoms with E-state index in [1.807, 2.05) is 0 Å². The molecule has 9 heteroatoms. The van der Waals surface area contributed by atoms with E-state index in [9.17, 15) is 21.2 Å². The number of aliphatic hydroxyl groups is 1. The molecule has 2 rings (SSSR count). The first-order valence-electron chi connectivity index (χ1n) is 6.21. The van der Waals surface area contributed by atoms with Crippen LogP contribution in [0.15, 0.2) is 23.1 Å². The third-order valence-electron chi connectivity index (χ3n) is 3.35. The summed E-state index contributed by atoms with van der Waals surface area (Å²) in [5, 5.41) is 8.89. The summed E-state index contributed by atoms with van der Waals surface area (Å²) in [4.78, 5) is -0.565. The molecule has 1 atom stereocenters. The molecule has 0 aliphatic carbocycles. The lowest BCUT2D eigenvalue weighted by Gasteiger charge is -2.23. The number of rotatable bonds is 4. The maximum absolute atomic E-state index is 13.8. The molecule has 6 nitrogen and oxygen atoms in total. The molecule has 0 saturated carbocycles. The van der Waals surface area contributed by atoms with Crippen LogP contribution in [0, 0.1) is 5.82 Å². The molecule has 1 unspecified atom stereocenters. The molecule has 1 heterocycles. The average Bonchev–Trinajstić information content (AvgIpc) is 2.61. The van der Waals surface area contributed by atoms with Gasteiger partial charge in [-0.3, -0.25) is 0 Å². The highest BCUT2D eigenvalue weighted by Crippen LogP contribution is 2.26. The molecule has 0 aromatic heterocycles. The molecule has 0 spiro atoms. The summed E-state index contributed by atoms with van der Waals surface area (Å²) in [6.07, 6.45) is 0.144. The monoisotopic (exact) mass is 337 g/mol. The van der Waals surface area contributed by atoms with Gasteiger partial charge in [-0.2, -0.15) is 0 Å². The van der Waals surface area contributed by atoms with Gasteiger partial charge >= 0.3 is 0 Å². The van der Waals surface area contributed by atoms with Gasteiger partial charge < -0.3 is 5.11 Å². The van der Waals surface area contributed by atoms with Crippen molar-refractivity contribution in [3.05, 3.63) is 29.6 Å². The fourth-order valence-electron chi connectivity index (χ4n) is 2.33. The van der Waals surface area contributed by atoms with Crippen LogP contribution in [0.25, 0.3) is 0 Å². The highest BCUT2D eigenvalue weighted by molar-refractivity contribution is 7.92. The van der Waals surface area contributed by atoms with E-state index in [-0.39, 0.29) is 23.5 Å². The first-order chi connectivity index (χ1) is 9.57. The number of hydrogen-bond acceptors (Lipinski definition) is 5. The number of nitrogens with one attached hydrogen (secondary N) is 1. The number of aliphatic hydroxyl groups excluding tert-OH is 1. The van der Waals surface area contributed by atoms with Crippen molar-refractivity contribution in [2.75, 3.05) is 11.5 Å². The van der Waals surface area contributed by atoms with Crippen LogP contribution >= 0.6 is 0 Å². The van der Waals surface area contributed by atoms with Crippen molar-refractivity contribution in [1.29, 1.82) is 0 Å². The fourth-order valence-corrected chi connectivity index (χ4v) is 6.01. The summed E-state index contributed by atoms with van der Waals surface area (Å²) in [5.41, 5.74) is -0.888. The van der Waals surface area contributed by atoms with Gasteiger partial charge in [-0.25, -0.2) is 25.9 Å². The summed E-state index contributed by atoms with van der Waals surface area (Å²) in [6.45, 7) is 1.08. The Hall–Kier alpha value is -1.03. The van der Waals surface area contributed by atoms with Crippen LogP contribution in [-0.4, -0.2) is 39.0 Å². The molecule has 1 saturated heterocycles. The Labute approximate surface area is 123 Å². The van der Waals surface area contributed by atoms with E-state index in [1.165, 1.54) is 13.0 Å². The van der Waals surface area contributed by atoms with Gasteiger partial charge in [0.25, 0.3) is 0 Å². The van der Waals surface area contributed by atoms with E-state index in [1.54, 1.807) is 0 Å². The lowest BCUT2D eigenvalue weighted by atomic mass is 10.0. The molecule has 1 aromatic rings. The average molecular weight is 337 g/mol. The molecule has 0 bridgehead atoms. The maximum Gasteiger partial charge on any atom is 0.244 e. The number of hydrogen-bond donors (Lipinski definition) is 2. The maximum atomic E-state index is 13.8. The van der Waals surface area contributed by atoms with Crippen molar-refractivity contribution in [3.63, 3.8) is 0 Å². The Kier molecular flexibility index (Phi) is 4.13. The van der Waals surface area contributed by atoms with Gasteiger partial charge in [0.1, 0.15) is 10.7 Å². The van der Waals surface area contributed by atoms with E-state index in [4.69, 9.17) is 5.11 Å². The SMILES string of the molecule is CC1(NS(=O)(=O)c2ccc(CO)cc2F)CCS(=O)(=O)C1. The van der Waals surface area contributed by atoms with Crippen molar-refractivity contribution in [3.8, 4) is 0 Å². The fraction of sp³-hybridized carbons (Fsp3) is 0.500. The van der Waals surface area contributed by atoms with Gasteiger partial charge in [-0.05, 0) is 31.0 Å². The van der Waals surface area contributed by atoms with E-state index in [0.717, 1.165) is 12.1 Å². The smallest absolute Gasteiger partial charge is 0.244 e. The highest BCUT2D eigenvalue weighted by atomic mass is 32.2. The molecule has 0 radical (unpaired) electrons. The first kappa shape index (κ1) is 16.3. The molecule has 1 aromatic carbocycles. The zero-order valence-electron chi connectivity index (χ0n) is 11.3. The van der Waals surface area contributed by atoms with Crippen LogP contribution in [0.3, 0.4) is 0 Å². The van der Waals surface area contributed by atoms with Crippen LogP contribution in [0.2, 0.25) is 0 Å².